The van der Waals surface area contributed by atoms with E-state index in [1.807, 2.05) is 20.8 Å². The van der Waals surface area contributed by atoms with Crippen LogP contribution in [-0.2, 0) is 0 Å². The second-order valence-corrected chi connectivity index (χ2v) is 5.52. The van der Waals surface area contributed by atoms with Gasteiger partial charge in [-0.2, -0.15) is 0 Å². The second kappa shape index (κ2) is 4.84. The molecule has 0 aromatic carbocycles. The summed E-state index contributed by atoms with van der Waals surface area (Å²) >= 11 is 0. The van der Waals surface area contributed by atoms with Gasteiger partial charge in [0.1, 0.15) is 0 Å². The molecule has 1 aliphatic carbocycles. The largest absolute Gasteiger partial charge is 0.338 e. The third-order valence-electron chi connectivity index (χ3n) is 2.62. The minimum atomic E-state index is -0.170. The quantitative estimate of drug-likeness (QED) is 0.645. The van der Waals surface area contributed by atoms with Gasteiger partial charge in [0.2, 0.25) is 0 Å². The molecular weight excluding hydrogens is 190 g/mol. The van der Waals surface area contributed by atoms with E-state index in [0.717, 1.165) is 25.8 Å². The van der Waals surface area contributed by atoms with Gasteiger partial charge in [0.05, 0.1) is 0 Å². The highest BCUT2D eigenvalue weighted by atomic mass is 16.2. The van der Waals surface area contributed by atoms with Crippen LogP contribution in [0.15, 0.2) is 0 Å². The van der Waals surface area contributed by atoms with E-state index in [-0.39, 0.29) is 11.6 Å². The number of hydrogen-bond donors (Lipinski definition) is 3. The zero-order valence-corrected chi connectivity index (χ0v) is 9.97. The van der Waals surface area contributed by atoms with Crippen molar-refractivity contribution in [3.63, 3.8) is 0 Å². The molecule has 0 aromatic rings. The molecule has 0 aliphatic heterocycles. The first-order valence-corrected chi connectivity index (χ1v) is 5.68. The van der Waals surface area contributed by atoms with Crippen molar-refractivity contribution in [3.8, 4) is 0 Å². The van der Waals surface area contributed by atoms with Crippen molar-refractivity contribution < 1.29 is 4.79 Å². The monoisotopic (exact) mass is 213 g/mol. The molecule has 1 fully saturated rings. The summed E-state index contributed by atoms with van der Waals surface area (Å²) < 4.78 is 0. The molecule has 2 amide bonds. The smallest absolute Gasteiger partial charge is 0.315 e. The predicted molar refractivity (Wildman–Crippen MR) is 61.6 cm³/mol. The number of carbonyl (C=O) groups is 1. The predicted octanol–water partition coefficient (Wildman–Crippen LogP) is 1.21. The lowest BCUT2D eigenvalue weighted by Gasteiger charge is -2.21. The molecule has 88 valence electrons. The first kappa shape index (κ1) is 12.3. The lowest BCUT2D eigenvalue weighted by Crippen LogP contribution is -2.47. The van der Waals surface area contributed by atoms with Crippen LogP contribution in [0.2, 0.25) is 0 Å². The molecule has 1 aliphatic rings. The van der Waals surface area contributed by atoms with Crippen LogP contribution in [0.3, 0.4) is 0 Å². The topological polar surface area (TPSA) is 67.2 Å². The molecule has 0 saturated heterocycles. The molecule has 4 heteroatoms. The van der Waals surface area contributed by atoms with Gasteiger partial charge in [0.25, 0.3) is 0 Å². The summed E-state index contributed by atoms with van der Waals surface area (Å²) in [5, 5.41) is 5.77. The summed E-state index contributed by atoms with van der Waals surface area (Å²) in [5.41, 5.74) is 5.63. The van der Waals surface area contributed by atoms with E-state index in [9.17, 15) is 4.79 Å². The Morgan fingerprint density at radius 1 is 1.40 bits per heavy atom. The molecule has 1 saturated carbocycles. The zero-order chi connectivity index (χ0) is 11.5. The Balaban J connectivity index is 2.17. The van der Waals surface area contributed by atoms with Gasteiger partial charge in [-0.1, -0.05) is 0 Å². The molecular formula is C11H23N3O. The SMILES string of the molecule is CC(C)(C)NC(=O)NCC1CCC(N)C1. The minimum Gasteiger partial charge on any atom is -0.338 e. The summed E-state index contributed by atoms with van der Waals surface area (Å²) in [6.07, 6.45) is 3.26. The molecule has 15 heavy (non-hydrogen) atoms. The van der Waals surface area contributed by atoms with Gasteiger partial charge in [0.15, 0.2) is 0 Å². The number of carbonyl (C=O) groups excluding carboxylic acids is 1. The van der Waals surface area contributed by atoms with Crippen molar-refractivity contribution >= 4 is 6.03 Å². The van der Waals surface area contributed by atoms with Gasteiger partial charge in [0, 0.05) is 18.1 Å². The van der Waals surface area contributed by atoms with Crippen molar-refractivity contribution in [1.29, 1.82) is 0 Å². The fraction of sp³-hybridized carbons (Fsp3) is 0.909. The van der Waals surface area contributed by atoms with Gasteiger partial charge in [-0.15, -0.1) is 0 Å². The van der Waals surface area contributed by atoms with E-state index < -0.39 is 0 Å². The highest BCUT2D eigenvalue weighted by Gasteiger charge is 2.22. The van der Waals surface area contributed by atoms with Crippen LogP contribution in [0.25, 0.3) is 0 Å². The van der Waals surface area contributed by atoms with Crippen LogP contribution >= 0.6 is 0 Å². The van der Waals surface area contributed by atoms with Crippen molar-refractivity contribution in [2.75, 3.05) is 6.54 Å². The van der Waals surface area contributed by atoms with Crippen LogP contribution in [0.1, 0.15) is 40.0 Å². The number of hydrogen-bond acceptors (Lipinski definition) is 2. The summed E-state index contributed by atoms with van der Waals surface area (Å²) in [4.78, 5) is 11.4. The molecule has 0 spiro atoms. The fourth-order valence-electron chi connectivity index (χ4n) is 1.92. The zero-order valence-electron chi connectivity index (χ0n) is 9.97. The van der Waals surface area contributed by atoms with Gasteiger partial charge in [-0.05, 0) is 46.0 Å². The van der Waals surface area contributed by atoms with E-state index in [1.54, 1.807) is 0 Å². The van der Waals surface area contributed by atoms with Crippen LogP contribution < -0.4 is 16.4 Å². The molecule has 4 nitrogen and oxygen atoms in total. The number of nitrogens with two attached hydrogens (primary N) is 1. The number of rotatable bonds is 2. The number of nitrogens with one attached hydrogen (secondary N) is 2. The first-order chi connectivity index (χ1) is 6.87. The normalized spacial score (nSPS) is 26.4. The van der Waals surface area contributed by atoms with Crippen molar-refractivity contribution in [1.82, 2.24) is 10.6 Å². The fourth-order valence-corrected chi connectivity index (χ4v) is 1.92. The first-order valence-electron chi connectivity index (χ1n) is 5.68. The Labute approximate surface area is 92.0 Å². The Kier molecular flexibility index (Phi) is 3.97. The maximum absolute atomic E-state index is 11.4. The van der Waals surface area contributed by atoms with Gasteiger partial charge in [-0.25, -0.2) is 4.79 Å². The molecule has 2 atom stereocenters. The van der Waals surface area contributed by atoms with E-state index in [1.165, 1.54) is 0 Å². The van der Waals surface area contributed by atoms with Gasteiger partial charge < -0.3 is 16.4 Å². The van der Waals surface area contributed by atoms with Crippen LogP contribution in [0.5, 0.6) is 0 Å². The molecule has 0 bridgehead atoms. The second-order valence-electron chi connectivity index (χ2n) is 5.52. The average molecular weight is 213 g/mol. The van der Waals surface area contributed by atoms with Crippen molar-refractivity contribution in [3.05, 3.63) is 0 Å². The average Bonchev–Trinajstić information content (AvgIpc) is 2.45. The van der Waals surface area contributed by atoms with E-state index in [0.29, 0.717) is 12.0 Å². The highest BCUT2D eigenvalue weighted by Crippen LogP contribution is 2.22. The third-order valence-corrected chi connectivity index (χ3v) is 2.62. The maximum Gasteiger partial charge on any atom is 0.315 e. The van der Waals surface area contributed by atoms with Crippen LogP contribution in [-0.4, -0.2) is 24.2 Å². The highest BCUT2D eigenvalue weighted by molar-refractivity contribution is 5.74. The summed E-state index contributed by atoms with van der Waals surface area (Å²) in [5.74, 6) is 0.561. The van der Waals surface area contributed by atoms with Gasteiger partial charge >= 0.3 is 6.03 Å². The molecule has 4 N–H and O–H groups in total. The number of amides is 2. The molecule has 0 aromatic heterocycles. The van der Waals surface area contributed by atoms with Crippen LogP contribution in [0, 0.1) is 5.92 Å². The summed E-state index contributed by atoms with van der Waals surface area (Å²) in [6, 6.07) is 0.255. The lowest BCUT2D eigenvalue weighted by atomic mass is 10.1. The minimum absolute atomic E-state index is 0.0806. The Hall–Kier alpha value is -0.770. The molecule has 2 unspecified atom stereocenters. The Bertz CT molecular complexity index is 222. The summed E-state index contributed by atoms with van der Waals surface area (Å²) in [7, 11) is 0. The molecule has 1 rings (SSSR count). The lowest BCUT2D eigenvalue weighted by molar-refractivity contribution is 0.230. The maximum atomic E-state index is 11.4. The number of urea groups is 1. The molecule has 0 heterocycles. The van der Waals surface area contributed by atoms with Crippen LogP contribution in [0.4, 0.5) is 4.79 Å². The summed E-state index contributed by atoms with van der Waals surface area (Å²) in [6.45, 7) is 6.66. The van der Waals surface area contributed by atoms with E-state index >= 15 is 0 Å². The Morgan fingerprint density at radius 2 is 2.07 bits per heavy atom. The van der Waals surface area contributed by atoms with E-state index in [4.69, 9.17) is 5.73 Å². The molecule has 0 radical (unpaired) electrons. The van der Waals surface area contributed by atoms with E-state index in [2.05, 4.69) is 10.6 Å². The van der Waals surface area contributed by atoms with Gasteiger partial charge in [-0.3, -0.25) is 0 Å². The Morgan fingerprint density at radius 3 is 2.53 bits per heavy atom. The van der Waals surface area contributed by atoms with Crippen molar-refractivity contribution in [2.45, 2.75) is 51.6 Å². The van der Waals surface area contributed by atoms with Crippen molar-refractivity contribution in [2.24, 2.45) is 11.7 Å². The standard InChI is InChI=1S/C11H23N3O/c1-11(2,3)14-10(15)13-7-8-4-5-9(12)6-8/h8-9H,4-7,12H2,1-3H3,(H2,13,14,15). The third kappa shape index (κ3) is 5.02.